The van der Waals surface area contributed by atoms with Crippen LogP contribution in [0.2, 0.25) is 0 Å². The molecule has 0 spiro atoms. The number of carbonyl (C=O) groups is 1. The zero-order valence-electron chi connectivity index (χ0n) is 14.5. The summed E-state index contributed by atoms with van der Waals surface area (Å²) in [5, 5.41) is 0. The van der Waals surface area contributed by atoms with E-state index in [9.17, 15) is 13.2 Å². The van der Waals surface area contributed by atoms with Gasteiger partial charge in [-0.1, -0.05) is 24.3 Å². The Labute approximate surface area is 139 Å². The van der Waals surface area contributed by atoms with Gasteiger partial charge in [0.2, 0.25) is 5.91 Å². The van der Waals surface area contributed by atoms with Crippen LogP contribution in [-0.4, -0.2) is 43.3 Å². The summed E-state index contributed by atoms with van der Waals surface area (Å²) in [7, 11) is -3.08. The summed E-state index contributed by atoms with van der Waals surface area (Å²) < 4.78 is 22.9. The second kappa shape index (κ2) is 6.63. The molecule has 23 heavy (non-hydrogen) atoms. The van der Waals surface area contributed by atoms with Gasteiger partial charge >= 0.3 is 0 Å². The van der Waals surface area contributed by atoms with Crippen molar-refractivity contribution in [1.82, 2.24) is 4.90 Å². The number of fused-ring (bicyclic) bond motifs is 1. The molecule has 0 heterocycles. The fourth-order valence-corrected chi connectivity index (χ4v) is 3.78. The summed E-state index contributed by atoms with van der Waals surface area (Å²) in [6.45, 7) is 6.12. The normalized spacial score (nSPS) is 17.8. The first-order valence-electron chi connectivity index (χ1n) is 8.14. The molecule has 0 aromatic heterocycles. The summed E-state index contributed by atoms with van der Waals surface area (Å²) in [4.78, 5) is 14.5. The highest BCUT2D eigenvalue weighted by atomic mass is 32.2. The van der Waals surface area contributed by atoms with Crippen molar-refractivity contribution in [3.8, 4) is 0 Å². The molecule has 4 nitrogen and oxygen atoms in total. The molecular formula is C18H27NO3S. The van der Waals surface area contributed by atoms with Crippen molar-refractivity contribution in [3.63, 3.8) is 0 Å². The SMILES string of the molecule is CC(C)(C)N(CCS(C)(=O)=O)C(=O)C[C@H]1CCc2ccccc21. The lowest BCUT2D eigenvalue weighted by Crippen LogP contribution is -2.48. The summed E-state index contributed by atoms with van der Waals surface area (Å²) in [6.07, 6.45) is 3.69. The van der Waals surface area contributed by atoms with Crippen molar-refractivity contribution >= 4 is 15.7 Å². The molecule has 0 bridgehead atoms. The van der Waals surface area contributed by atoms with Crippen molar-refractivity contribution in [2.24, 2.45) is 0 Å². The quantitative estimate of drug-likeness (QED) is 0.830. The summed E-state index contributed by atoms with van der Waals surface area (Å²) >= 11 is 0. The maximum absolute atomic E-state index is 12.8. The summed E-state index contributed by atoms with van der Waals surface area (Å²) in [6, 6.07) is 8.30. The molecule has 0 aliphatic heterocycles. The lowest BCUT2D eigenvalue weighted by atomic mass is 9.95. The van der Waals surface area contributed by atoms with E-state index in [-0.39, 0.29) is 29.7 Å². The zero-order valence-corrected chi connectivity index (χ0v) is 15.3. The topological polar surface area (TPSA) is 54.5 Å². The van der Waals surface area contributed by atoms with Gasteiger partial charge in [0, 0.05) is 24.8 Å². The molecule has 1 aromatic carbocycles. The smallest absolute Gasteiger partial charge is 0.223 e. The first kappa shape index (κ1) is 18.0. The van der Waals surface area contributed by atoms with Crippen LogP contribution in [0.4, 0.5) is 0 Å². The van der Waals surface area contributed by atoms with E-state index in [1.807, 2.05) is 32.9 Å². The minimum Gasteiger partial charge on any atom is -0.337 e. The third-order valence-corrected chi connectivity index (χ3v) is 5.40. The minimum absolute atomic E-state index is 0.0112. The van der Waals surface area contributed by atoms with Crippen molar-refractivity contribution in [2.45, 2.75) is 51.5 Å². The number of hydrogen-bond acceptors (Lipinski definition) is 3. The Balaban J connectivity index is 2.10. The standard InChI is InChI=1S/C18H27NO3S/c1-18(2,3)19(11-12-23(4,21)22)17(20)13-15-10-9-14-7-5-6-8-16(14)15/h5-8,15H,9-13H2,1-4H3/t15-/m1/s1. The molecule has 0 N–H and O–H groups in total. The Morgan fingerprint density at radius 2 is 1.91 bits per heavy atom. The third kappa shape index (κ3) is 4.80. The van der Waals surface area contributed by atoms with Crippen LogP contribution in [0.1, 0.15) is 50.7 Å². The fourth-order valence-electron chi connectivity index (χ4n) is 3.27. The van der Waals surface area contributed by atoms with E-state index in [0.29, 0.717) is 6.42 Å². The van der Waals surface area contributed by atoms with Gasteiger partial charge in [-0.3, -0.25) is 4.79 Å². The van der Waals surface area contributed by atoms with Gasteiger partial charge in [-0.25, -0.2) is 8.42 Å². The maximum atomic E-state index is 12.8. The molecule has 0 unspecified atom stereocenters. The van der Waals surface area contributed by atoms with Gasteiger partial charge in [0.15, 0.2) is 0 Å². The Kier molecular flexibility index (Phi) is 5.19. The van der Waals surface area contributed by atoms with Gasteiger partial charge < -0.3 is 4.90 Å². The summed E-state index contributed by atoms with van der Waals surface area (Å²) in [5.74, 6) is 0.307. The van der Waals surface area contributed by atoms with Crippen molar-refractivity contribution in [2.75, 3.05) is 18.6 Å². The maximum Gasteiger partial charge on any atom is 0.223 e. The number of sulfone groups is 1. The number of carbonyl (C=O) groups excluding carboxylic acids is 1. The number of aryl methyl sites for hydroxylation is 1. The molecule has 1 aliphatic carbocycles. The van der Waals surface area contributed by atoms with Gasteiger partial charge in [0.05, 0.1) is 5.75 Å². The number of nitrogens with zero attached hydrogens (tertiary/aromatic N) is 1. The van der Waals surface area contributed by atoms with Crippen molar-refractivity contribution in [1.29, 1.82) is 0 Å². The van der Waals surface area contributed by atoms with Crippen LogP contribution >= 0.6 is 0 Å². The fraction of sp³-hybridized carbons (Fsp3) is 0.611. The van der Waals surface area contributed by atoms with Crippen LogP contribution in [0.25, 0.3) is 0 Å². The van der Waals surface area contributed by atoms with Gasteiger partial charge in [0.25, 0.3) is 0 Å². The molecular weight excluding hydrogens is 310 g/mol. The monoisotopic (exact) mass is 337 g/mol. The second-order valence-electron chi connectivity index (χ2n) is 7.48. The van der Waals surface area contributed by atoms with Crippen LogP contribution in [0.3, 0.4) is 0 Å². The van der Waals surface area contributed by atoms with Crippen LogP contribution in [0.15, 0.2) is 24.3 Å². The molecule has 0 saturated heterocycles. The Bertz CT molecular complexity index is 674. The predicted molar refractivity (Wildman–Crippen MR) is 93.3 cm³/mol. The average Bonchev–Trinajstić information content (AvgIpc) is 2.79. The van der Waals surface area contributed by atoms with Crippen molar-refractivity contribution in [3.05, 3.63) is 35.4 Å². The van der Waals surface area contributed by atoms with Gasteiger partial charge in [0.1, 0.15) is 9.84 Å². The first-order valence-corrected chi connectivity index (χ1v) is 10.2. The Hall–Kier alpha value is -1.36. The van der Waals surface area contributed by atoms with Crippen molar-refractivity contribution < 1.29 is 13.2 Å². The van der Waals surface area contributed by atoms with E-state index < -0.39 is 9.84 Å². The van der Waals surface area contributed by atoms with E-state index in [4.69, 9.17) is 0 Å². The molecule has 0 fully saturated rings. The molecule has 2 rings (SSSR count). The Morgan fingerprint density at radius 1 is 1.26 bits per heavy atom. The highest BCUT2D eigenvalue weighted by Crippen LogP contribution is 2.36. The molecule has 128 valence electrons. The predicted octanol–water partition coefficient (Wildman–Crippen LogP) is 2.78. The average molecular weight is 337 g/mol. The van der Waals surface area contributed by atoms with Crippen LogP contribution in [0, 0.1) is 0 Å². The van der Waals surface area contributed by atoms with Gasteiger partial charge in [-0.2, -0.15) is 0 Å². The lowest BCUT2D eigenvalue weighted by Gasteiger charge is -2.36. The summed E-state index contributed by atoms with van der Waals surface area (Å²) in [5.41, 5.74) is 2.24. The number of hydrogen-bond donors (Lipinski definition) is 0. The van der Waals surface area contributed by atoms with Crippen LogP contribution in [-0.2, 0) is 21.1 Å². The molecule has 1 aliphatic rings. The largest absolute Gasteiger partial charge is 0.337 e. The first-order chi connectivity index (χ1) is 10.6. The Morgan fingerprint density at radius 3 is 2.52 bits per heavy atom. The number of rotatable bonds is 5. The van der Waals surface area contributed by atoms with E-state index in [0.717, 1.165) is 12.8 Å². The van der Waals surface area contributed by atoms with E-state index >= 15 is 0 Å². The molecule has 0 saturated carbocycles. The van der Waals surface area contributed by atoms with Gasteiger partial charge in [-0.05, 0) is 50.7 Å². The molecule has 1 aromatic rings. The number of benzene rings is 1. The highest BCUT2D eigenvalue weighted by molar-refractivity contribution is 7.90. The minimum atomic E-state index is -3.08. The molecule has 0 radical (unpaired) electrons. The van der Waals surface area contributed by atoms with Crippen LogP contribution < -0.4 is 0 Å². The second-order valence-corrected chi connectivity index (χ2v) is 9.74. The molecule has 5 heteroatoms. The molecule has 1 atom stereocenters. The van der Waals surface area contributed by atoms with E-state index in [1.54, 1.807) is 4.90 Å². The van der Waals surface area contributed by atoms with E-state index in [2.05, 4.69) is 12.1 Å². The third-order valence-electron chi connectivity index (χ3n) is 4.47. The number of amides is 1. The van der Waals surface area contributed by atoms with Crippen LogP contribution in [0.5, 0.6) is 0 Å². The highest BCUT2D eigenvalue weighted by Gasteiger charge is 2.31. The lowest BCUT2D eigenvalue weighted by molar-refractivity contribution is -0.136. The molecule has 1 amide bonds. The zero-order chi connectivity index (χ0) is 17.3. The van der Waals surface area contributed by atoms with Gasteiger partial charge in [-0.15, -0.1) is 0 Å². The van der Waals surface area contributed by atoms with E-state index in [1.165, 1.54) is 17.4 Å².